The van der Waals surface area contributed by atoms with Gasteiger partial charge in [0, 0.05) is 36.4 Å². The van der Waals surface area contributed by atoms with Crippen molar-refractivity contribution in [2.24, 2.45) is 7.05 Å². The molecule has 0 atom stereocenters. The van der Waals surface area contributed by atoms with Crippen LogP contribution in [0.3, 0.4) is 0 Å². The maximum Gasteiger partial charge on any atom is 0.249 e. The van der Waals surface area contributed by atoms with Gasteiger partial charge in [0.05, 0.1) is 14.2 Å². The van der Waals surface area contributed by atoms with Crippen molar-refractivity contribution in [2.75, 3.05) is 26.1 Å². The molecule has 0 aliphatic rings. The van der Waals surface area contributed by atoms with Gasteiger partial charge in [-0.05, 0) is 62.2 Å². The van der Waals surface area contributed by atoms with Crippen LogP contribution in [0.1, 0.15) is 19.4 Å². The first-order valence-electron chi connectivity index (χ1n) is 10.1. The van der Waals surface area contributed by atoms with E-state index in [4.69, 9.17) is 9.47 Å². The maximum atomic E-state index is 13.0. The van der Waals surface area contributed by atoms with Crippen LogP contribution in [0.2, 0.25) is 0 Å². The van der Waals surface area contributed by atoms with Crippen molar-refractivity contribution in [1.29, 1.82) is 0 Å². The molecular weight excluding hydrogens is 394 g/mol. The van der Waals surface area contributed by atoms with Gasteiger partial charge in [0.15, 0.2) is 11.5 Å². The zero-order valence-electron chi connectivity index (χ0n) is 18.6. The third kappa shape index (κ3) is 4.66. The van der Waals surface area contributed by atoms with Crippen LogP contribution in [0.4, 0.5) is 5.69 Å². The first kappa shape index (κ1) is 22.2. The number of aryl methyl sites for hydroxylation is 1. The topological polar surface area (TPSA) is 72.8 Å². The monoisotopic (exact) mass is 423 g/mol. The number of rotatable bonds is 9. The number of ether oxygens (including phenoxy) is 2. The number of benzene rings is 2. The van der Waals surface area contributed by atoms with E-state index >= 15 is 0 Å². The number of hydrogen-bond acceptors (Lipinski definition) is 4. The number of aromatic nitrogens is 1. The van der Waals surface area contributed by atoms with Crippen LogP contribution < -0.4 is 14.8 Å². The molecule has 1 heterocycles. The number of carbonyl (C=O) groups excluding carboxylic acids is 2. The first-order chi connectivity index (χ1) is 14.8. The molecule has 2 aromatic carbocycles. The fraction of sp³-hybridized carbons (Fsp3) is 0.333. The summed E-state index contributed by atoms with van der Waals surface area (Å²) in [7, 11) is 5.14. The third-order valence-electron chi connectivity index (χ3n) is 5.63. The van der Waals surface area contributed by atoms with E-state index in [0.717, 1.165) is 22.9 Å². The Bertz CT molecular complexity index is 1090. The largest absolute Gasteiger partial charge is 0.493 e. The molecule has 2 amide bonds. The van der Waals surface area contributed by atoms with Gasteiger partial charge in [-0.2, -0.15) is 0 Å². The second-order valence-corrected chi connectivity index (χ2v) is 7.95. The minimum Gasteiger partial charge on any atom is -0.493 e. The van der Waals surface area contributed by atoms with Crippen LogP contribution in [0.25, 0.3) is 10.9 Å². The summed E-state index contributed by atoms with van der Waals surface area (Å²) >= 11 is 0. The van der Waals surface area contributed by atoms with Gasteiger partial charge < -0.3 is 24.3 Å². The van der Waals surface area contributed by atoms with Crippen molar-refractivity contribution in [3.63, 3.8) is 0 Å². The van der Waals surface area contributed by atoms with Crippen LogP contribution in [0, 0.1) is 0 Å². The van der Waals surface area contributed by atoms with Crippen molar-refractivity contribution < 1.29 is 19.1 Å². The van der Waals surface area contributed by atoms with E-state index in [2.05, 4.69) is 5.32 Å². The van der Waals surface area contributed by atoms with E-state index in [1.165, 1.54) is 4.90 Å². The van der Waals surface area contributed by atoms with E-state index in [1.54, 1.807) is 28.1 Å². The van der Waals surface area contributed by atoms with Crippen molar-refractivity contribution in [3.8, 4) is 11.5 Å². The molecule has 1 N–H and O–H groups in total. The van der Waals surface area contributed by atoms with Gasteiger partial charge in [-0.15, -0.1) is 0 Å². The van der Waals surface area contributed by atoms with Crippen LogP contribution in [-0.2, 0) is 23.1 Å². The zero-order chi connectivity index (χ0) is 22.6. The average molecular weight is 424 g/mol. The number of amides is 2. The molecule has 3 aromatic rings. The molecule has 0 saturated carbocycles. The summed E-state index contributed by atoms with van der Waals surface area (Å²) in [6.45, 7) is 3.87. The van der Waals surface area contributed by atoms with Gasteiger partial charge in [0.2, 0.25) is 12.3 Å². The Labute approximate surface area is 182 Å². The van der Waals surface area contributed by atoms with Crippen LogP contribution in [-0.4, -0.2) is 48.1 Å². The molecule has 0 saturated heterocycles. The fourth-order valence-electron chi connectivity index (χ4n) is 3.52. The van der Waals surface area contributed by atoms with E-state index in [-0.39, 0.29) is 5.91 Å². The molecule has 0 aliphatic heterocycles. The molecule has 0 spiro atoms. The van der Waals surface area contributed by atoms with Gasteiger partial charge in [-0.1, -0.05) is 6.07 Å². The van der Waals surface area contributed by atoms with Crippen molar-refractivity contribution >= 4 is 28.9 Å². The third-order valence-corrected chi connectivity index (χ3v) is 5.63. The SMILES string of the molecule is COc1ccc(CCN(C=O)C(C)(C)C(=O)Nc2ccc3c(ccn3C)c2)cc1OC. The van der Waals surface area contributed by atoms with Crippen molar-refractivity contribution in [1.82, 2.24) is 9.47 Å². The number of hydrogen-bond donors (Lipinski definition) is 1. The minimum atomic E-state index is -1.02. The van der Waals surface area contributed by atoms with Crippen LogP contribution in [0.15, 0.2) is 48.7 Å². The minimum absolute atomic E-state index is 0.248. The molecule has 164 valence electrons. The molecule has 1 aromatic heterocycles. The predicted molar refractivity (Wildman–Crippen MR) is 122 cm³/mol. The second kappa shape index (κ2) is 9.12. The van der Waals surface area contributed by atoms with E-state index < -0.39 is 5.54 Å². The number of anilines is 1. The van der Waals surface area contributed by atoms with Gasteiger partial charge in [0.25, 0.3) is 0 Å². The van der Waals surface area contributed by atoms with E-state index in [9.17, 15) is 9.59 Å². The highest BCUT2D eigenvalue weighted by Gasteiger charge is 2.34. The number of nitrogens with zero attached hydrogens (tertiary/aromatic N) is 2. The molecule has 0 bridgehead atoms. The van der Waals surface area contributed by atoms with Crippen molar-refractivity contribution in [2.45, 2.75) is 25.8 Å². The smallest absolute Gasteiger partial charge is 0.249 e. The van der Waals surface area contributed by atoms with Gasteiger partial charge in [0.1, 0.15) is 5.54 Å². The Balaban J connectivity index is 1.70. The highest BCUT2D eigenvalue weighted by molar-refractivity contribution is 6.00. The Hall–Kier alpha value is -3.48. The van der Waals surface area contributed by atoms with Gasteiger partial charge in [-0.25, -0.2) is 0 Å². The van der Waals surface area contributed by atoms with E-state index in [0.29, 0.717) is 30.2 Å². The summed E-state index contributed by atoms with van der Waals surface area (Å²) < 4.78 is 12.6. The molecule has 0 aliphatic carbocycles. The summed E-state index contributed by atoms with van der Waals surface area (Å²) in [5, 5.41) is 3.99. The molecule has 3 rings (SSSR count). The number of carbonyl (C=O) groups is 2. The molecule has 7 nitrogen and oxygen atoms in total. The molecule has 0 fully saturated rings. The first-order valence-corrected chi connectivity index (χ1v) is 10.1. The Morgan fingerprint density at radius 1 is 1.10 bits per heavy atom. The summed E-state index contributed by atoms with van der Waals surface area (Å²) in [5.74, 6) is 1.03. The van der Waals surface area contributed by atoms with Gasteiger partial charge >= 0.3 is 0 Å². The molecule has 7 heteroatoms. The molecule has 0 unspecified atom stereocenters. The Morgan fingerprint density at radius 3 is 2.52 bits per heavy atom. The lowest BCUT2D eigenvalue weighted by Crippen LogP contribution is -2.52. The molecule has 31 heavy (non-hydrogen) atoms. The Kier molecular flexibility index (Phi) is 6.53. The fourth-order valence-corrected chi connectivity index (χ4v) is 3.52. The highest BCUT2D eigenvalue weighted by Crippen LogP contribution is 2.28. The van der Waals surface area contributed by atoms with Crippen molar-refractivity contribution in [3.05, 3.63) is 54.2 Å². The summed E-state index contributed by atoms with van der Waals surface area (Å²) in [6.07, 6.45) is 3.27. The standard InChI is InChI=1S/C24H29N3O4/c1-24(2,23(29)25-19-7-8-20-18(15-19)11-12-26(20)3)27(16-28)13-10-17-6-9-21(30-4)22(14-17)31-5/h6-9,11-12,14-16H,10,13H2,1-5H3,(H,25,29). The molecular formula is C24H29N3O4. The quantitative estimate of drug-likeness (QED) is 0.534. The summed E-state index contributed by atoms with van der Waals surface area (Å²) in [6, 6.07) is 13.4. The van der Waals surface area contributed by atoms with Crippen LogP contribution >= 0.6 is 0 Å². The summed E-state index contributed by atoms with van der Waals surface area (Å²) in [4.78, 5) is 26.4. The second-order valence-electron chi connectivity index (χ2n) is 7.95. The lowest BCUT2D eigenvalue weighted by Gasteiger charge is -2.34. The predicted octanol–water partition coefficient (Wildman–Crippen LogP) is 3.61. The summed E-state index contributed by atoms with van der Waals surface area (Å²) in [5.41, 5.74) is 1.74. The maximum absolute atomic E-state index is 13.0. The number of fused-ring (bicyclic) bond motifs is 1. The van der Waals surface area contributed by atoms with Gasteiger partial charge in [-0.3, -0.25) is 9.59 Å². The normalized spacial score (nSPS) is 11.3. The average Bonchev–Trinajstić information content (AvgIpc) is 3.13. The highest BCUT2D eigenvalue weighted by atomic mass is 16.5. The van der Waals surface area contributed by atoms with Crippen LogP contribution in [0.5, 0.6) is 11.5 Å². The molecule has 0 radical (unpaired) electrons. The number of methoxy groups -OCH3 is 2. The van der Waals surface area contributed by atoms with E-state index in [1.807, 2.05) is 60.3 Å². The zero-order valence-corrected chi connectivity index (χ0v) is 18.6. The lowest BCUT2D eigenvalue weighted by atomic mass is 10.0. The Morgan fingerprint density at radius 2 is 1.84 bits per heavy atom. The number of nitrogens with one attached hydrogen (secondary N) is 1. The lowest BCUT2D eigenvalue weighted by molar-refractivity contribution is -0.135.